The Balaban J connectivity index is 1.46. The molecule has 2 aliphatic rings. The van der Waals surface area contributed by atoms with E-state index in [-0.39, 0.29) is 24.7 Å². The summed E-state index contributed by atoms with van der Waals surface area (Å²) in [5, 5.41) is 1.80. The van der Waals surface area contributed by atoms with Gasteiger partial charge in [0.1, 0.15) is 11.8 Å². The molecule has 1 atom stereocenters. The molecule has 256 valence electrons. The Morgan fingerprint density at radius 1 is 1.00 bits per heavy atom. The lowest BCUT2D eigenvalue weighted by atomic mass is 9.90. The summed E-state index contributed by atoms with van der Waals surface area (Å²) in [6.45, 7) is 5.91. The average Bonchev–Trinajstić information content (AvgIpc) is 3.43. The molecule has 0 N–H and O–H groups in total. The van der Waals surface area contributed by atoms with Crippen LogP contribution in [-0.4, -0.2) is 75.1 Å². The Hall–Kier alpha value is -4.94. The summed E-state index contributed by atoms with van der Waals surface area (Å²) in [6, 6.07) is 16.1. The second-order valence-electron chi connectivity index (χ2n) is 11.5. The summed E-state index contributed by atoms with van der Waals surface area (Å²) in [4.78, 5) is 47.9. The summed E-state index contributed by atoms with van der Waals surface area (Å²) in [7, 11) is 3.10. The van der Waals surface area contributed by atoms with Gasteiger partial charge in [0.25, 0.3) is 11.5 Å². The Kier molecular flexibility index (Phi) is 10.4. The molecule has 0 spiro atoms. The maximum atomic E-state index is 14.4. The first-order chi connectivity index (χ1) is 23.9. The topological polar surface area (TPSA) is 118 Å². The van der Waals surface area contributed by atoms with Gasteiger partial charge in [0.05, 0.1) is 49.8 Å². The number of allylic oxidation sites excluding steroid dienone is 1. The molecule has 11 nitrogen and oxygen atoms in total. The monoisotopic (exact) mass is 685 g/mol. The molecule has 49 heavy (non-hydrogen) atoms. The largest absolute Gasteiger partial charge is 0.496 e. The first-order valence-electron chi connectivity index (χ1n) is 16.3. The van der Waals surface area contributed by atoms with Crippen molar-refractivity contribution in [2.75, 3.05) is 53.7 Å². The molecule has 1 aromatic heterocycles. The zero-order chi connectivity index (χ0) is 34.5. The summed E-state index contributed by atoms with van der Waals surface area (Å²) in [6.07, 6.45) is 3.03. The lowest BCUT2D eigenvalue weighted by molar-refractivity contribution is -0.139. The highest BCUT2D eigenvalue weighted by Gasteiger charge is 2.37. The minimum atomic E-state index is -0.839. The predicted molar refractivity (Wildman–Crippen MR) is 186 cm³/mol. The minimum Gasteiger partial charge on any atom is -0.496 e. The molecule has 0 saturated carbocycles. The number of rotatable bonds is 11. The van der Waals surface area contributed by atoms with Gasteiger partial charge in [0.2, 0.25) is 0 Å². The molecular weight excluding hydrogens is 646 g/mol. The third-order valence-electron chi connectivity index (χ3n) is 8.52. The number of hydrogen-bond donors (Lipinski definition) is 0. The van der Waals surface area contributed by atoms with Gasteiger partial charge < -0.3 is 28.6 Å². The van der Waals surface area contributed by atoms with E-state index in [9.17, 15) is 14.4 Å². The van der Waals surface area contributed by atoms with E-state index in [1.165, 1.54) is 18.4 Å². The van der Waals surface area contributed by atoms with E-state index >= 15 is 0 Å². The van der Waals surface area contributed by atoms with Crippen LogP contribution in [0.25, 0.3) is 16.8 Å². The van der Waals surface area contributed by atoms with Crippen molar-refractivity contribution in [1.29, 1.82) is 0 Å². The third-order valence-corrected chi connectivity index (χ3v) is 9.50. The molecule has 4 aromatic rings. The normalized spacial score (nSPS) is 16.3. The van der Waals surface area contributed by atoms with Crippen molar-refractivity contribution in [2.45, 2.75) is 32.7 Å². The fraction of sp³-hybridized carbons (Fsp3) is 0.351. The molecule has 6 rings (SSSR count). The summed E-state index contributed by atoms with van der Waals surface area (Å²) < 4.78 is 30.2. The lowest BCUT2D eigenvalue weighted by Gasteiger charge is -2.28. The number of aromatic nitrogens is 1. The highest BCUT2D eigenvalue weighted by atomic mass is 32.1. The van der Waals surface area contributed by atoms with E-state index in [4.69, 9.17) is 28.7 Å². The van der Waals surface area contributed by atoms with Gasteiger partial charge in [-0.15, -0.1) is 0 Å². The zero-order valence-corrected chi connectivity index (χ0v) is 28.8. The maximum Gasteiger partial charge on any atom is 0.338 e. The first-order valence-corrected chi connectivity index (χ1v) is 17.1. The molecule has 0 bridgehead atoms. The molecule has 0 unspecified atom stereocenters. The molecular formula is C37H39N3O8S. The second kappa shape index (κ2) is 15.1. The van der Waals surface area contributed by atoms with Gasteiger partial charge in [-0.05, 0) is 54.0 Å². The smallest absolute Gasteiger partial charge is 0.338 e. The van der Waals surface area contributed by atoms with Gasteiger partial charge in [-0.3, -0.25) is 14.2 Å². The van der Waals surface area contributed by atoms with Crippen LogP contribution in [0.2, 0.25) is 0 Å². The number of carbonyl (C=O) groups excluding carboxylic acids is 2. The number of benzene rings is 3. The SMILES string of the molecule is CCCC1=C(C(=O)OCC)[C@H](c2c(OC)ccc3ccccc23)n2c(s/c(=C/c3ccc(OCC(=O)N4CCOCC4)c(OC)c3)c2=O)=N1. The van der Waals surface area contributed by atoms with Crippen LogP contribution < -0.4 is 29.1 Å². The number of fused-ring (bicyclic) bond motifs is 2. The second-order valence-corrected chi connectivity index (χ2v) is 12.5. The van der Waals surface area contributed by atoms with E-state index in [1.54, 1.807) is 47.8 Å². The minimum absolute atomic E-state index is 0.127. The molecule has 12 heteroatoms. The number of esters is 1. The lowest BCUT2D eigenvalue weighted by Crippen LogP contribution is -2.43. The quantitative estimate of drug-likeness (QED) is 0.218. The number of morpholine rings is 1. The van der Waals surface area contributed by atoms with Crippen LogP contribution in [0, 0.1) is 0 Å². The number of nitrogens with zero attached hydrogens (tertiary/aromatic N) is 3. The van der Waals surface area contributed by atoms with Gasteiger partial charge in [-0.2, -0.15) is 0 Å². The maximum absolute atomic E-state index is 14.4. The molecule has 0 aliphatic carbocycles. The Bertz CT molecular complexity index is 2090. The Labute approximate surface area is 287 Å². The summed E-state index contributed by atoms with van der Waals surface area (Å²) in [5.74, 6) is 0.734. The fourth-order valence-corrected chi connectivity index (χ4v) is 7.24. The average molecular weight is 686 g/mol. The van der Waals surface area contributed by atoms with E-state index in [0.717, 1.165) is 17.2 Å². The Morgan fingerprint density at radius 2 is 1.76 bits per heavy atom. The van der Waals surface area contributed by atoms with E-state index in [2.05, 4.69) is 0 Å². The molecule has 2 aliphatic heterocycles. The molecule has 1 amide bonds. The van der Waals surface area contributed by atoms with Crippen LogP contribution in [-0.2, 0) is 19.1 Å². The van der Waals surface area contributed by atoms with Crippen molar-refractivity contribution >= 4 is 40.1 Å². The van der Waals surface area contributed by atoms with Gasteiger partial charge in [-0.1, -0.05) is 61.1 Å². The van der Waals surface area contributed by atoms with Crippen molar-refractivity contribution < 1.29 is 33.3 Å². The van der Waals surface area contributed by atoms with E-state index < -0.39 is 12.0 Å². The summed E-state index contributed by atoms with van der Waals surface area (Å²) in [5.41, 5.74) is 1.98. The third kappa shape index (κ3) is 6.83. The molecule has 1 fully saturated rings. The highest BCUT2D eigenvalue weighted by Crippen LogP contribution is 2.41. The van der Waals surface area contributed by atoms with Crippen LogP contribution in [0.3, 0.4) is 0 Å². The summed E-state index contributed by atoms with van der Waals surface area (Å²) >= 11 is 1.25. The Morgan fingerprint density at radius 3 is 2.49 bits per heavy atom. The van der Waals surface area contributed by atoms with E-state index in [1.807, 2.05) is 43.3 Å². The van der Waals surface area contributed by atoms with Crippen LogP contribution in [0.4, 0.5) is 0 Å². The van der Waals surface area contributed by atoms with Gasteiger partial charge in [-0.25, -0.2) is 9.79 Å². The highest BCUT2D eigenvalue weighted by molar-refractivity contribution is 7.07. The standard InChI is InChI=1S/C37H39N3O8S/c1-5-9-26-33(36(43)47-6-2)34(32-25-11-8-7-10-24(25)13-15-28(32)44-3)40-35(42)30(49-37(40)38-26)21-23-12-14-27(29(20-23)45-4)48-22-31(41)39-16-18-46-19-17-39/h7-8,10-15,20-21,34H,5-6,9,16-19,22H2,1-4H3/b30-21+/t34-/m0/s1. The number of amides is 1. The first kappa shape index (κ1) is 33.9. The van der Waals surface area contributed by atoms with Gasteiger partial charge in [0.15, 0.2) is 22.9 Å². The number of methoxy groups -OCH3 is 2. The fourth-order valence-electron chi connectivity index (χ4n) is 6.22. The molecule has 1 saturated heterocycles. The molecule has 0 radical (unpaired) electrons. The van der Waals surface area contributed by atoms with Crippen LogP contribution >= 0.6 is 11.3 Å². The number of carbonyl (C=O) groups is 2. The number of ether oxygens (including phenoxy) is 5. The van der Waals surface area contributed by atoms with Gasteiger partial charge in [0, 0.05) is 18.7 Å². The molecule has 3 heterocycles. The number of hydrogen-bond acceptors (Lipinski definition) is 10. The van der Waals surface area contributed by atoms with Crippen LogP contribution in [0.1, 0.15) is 43.9 Å². The van der Waals surface area contributed by atoms with Crippen molar-refractivity contribution in [2.24, 2.45) is 4.99 Å². The number of thiazole rings is 1. The van der Waals surface area contributed by atoms with Crippen molar-refractivity contribution in [3.63, 3.8) is 0 Å². The van der Waals surface area contributed by atoms with Gasteiger partial charge >= 0.3 is 5.97 Å². The predicted octanol–water partition coefficient (Wildman–Crippen LogP) is 3.99. The van der Waals surface area contributed by atoms with Crippen molar-refractivity contribution in [1.82, 2.24) is 9.47 Å². The van der Waals surface area contributed by atoms with Crippen LogP contribution in [0.5, 0.6) is 17.2 Å². The van der Waals surface area contributed by atoms with Crippen molar-refractivity contribution in [3.05, 3.63) is 96.7 Å². The van der Waals surface area contributed by atoms with Crippen LogP contribution in [0.15, 0.2) is 75.7 Å². The zero-order valence-electron chi connectivity index (χ0n) is 28.0. The van der Waals surface area contributed by atoms with Crippen molar-refractivity contribution in [3.8, 4) is 17.2 Å². The van der Waals surface area contributed by atoms with E-state index in [0.29, 0.717) is 81.7 Å². The molecule has 3 aromatic carbocycles.